The Morgan fingerprint density at radius 1 is 0.255 bits per heavy atom. The molecule has 0 amide bonds. The molecule has 2 aliphatic carbocycles. The minimum atomic E-state index is -0.221. The number of hydrogen-bond acceptors (Lipinski definition) is 3. The molecule has 102 heavy (non-hydrogen) atoms. The molecule has 0 spiro atoms. The lowest BCUT2D eigenvalue weighted by Crippen LogP contribution is -2.64. The summed E-state index contributed by atoms with van der Waals surface area (Å²) in [6.45, 7) is 89.8. The lowest BCUT2D eigenvalue weighted by atomic mass is 9.32. The molecule has 3 nitrogen and oxygen atoms in total. The predicted octanol–water partition coefficient (Wildman–Crippen LogP) is 27.3. The van der Waals surface area contributed by atoms with Gasteiger partial charge in [-0.3, -0.25) is 0 Å². The first-order chi connectivity index (χ1) is 46.2. The minimum absolute atomic E-state index is 0.0258. The lowest BCUT2D eigenvalue weighted by molar-refractivity contribution is -0.0311. The highest BCUT2D eigenvalue weighted by Crippen LogP contribution is 2.71. The Kier molecular flexibility index (Phi) is 18.0. The van der Waals surface area contributed by atoms with Crippen LogP contribution >= 0.6 is 0 Å². The molecule has 0 radical (unpaired) electrons. The smallest absolute Gasteiger partial charge is 0.252 e. The molecule has 0 aromatic heterocycles. The molecule has 0 atom stereocenters. The van der Waals surface area contributed by atoms with Gasteiger partial charge in [0.15, 0.2) is 0 Å². The Morgan fingerprint density at radius 3 is 0.902 bits per heavy atom. The highest BCUT2D eigenvalue weighted by atomic mass is 15.2. The van der Waals surface area contributed by atoms with Gasteiger partial charge in [0.1, 0.15) is 0 Å². The van der Waals surface area contributed by atoms with Crippen LogP contribution in [0.4, 0.5) is 51.2 Å². The summed E-state index contributed by atoms with van der Waals surface area (Å²) in [6.07, 6.45) is 4.40. The fourth-order valence-electron chi connectivity index (χ4n) is 23.1. The first-order valence-corrected chi connectivity index (χ1v) is 39.5. The quantitative estimate of drug-likeness (QED) is 0.159. The van der Waals surface area contributed by atoms with Crippen molar-refractivity contribution in [3.63, 3.8) is 0 Å². The minimum Gasteiger partial charge on any atom is -0.311 e. The Morgan fingerprint density at radius 2 is 0.549 bits per heavy atom. The van der Waals surface area contributed by atoms with E-state index in [1.165, 1.54) is 83.8 Å². The molecule has 7 aromatic carbocycles. The van der Waals surface area contributed by atoms with Crippen molar-refractivity contribution in [3.05, 3.63) is 178 Å². The zero-order chi connectivity index (χ0) is 76.2. The average molecular weight is 1370 g/mol. The van der Waals surface area contributed by atoms with Crippen LogP contribution in [-0.2, 0) is 43.3 Å². The Labute approximate surface area is 624 Å². The molecule has 0 unspecified atom stereocenters. The number of fused-ring (bicyclic) bond motifs is 6. The van der Waals surface area contributed by atoms with E-state index in [0.29, 0.717) is 0 Å². The molecule has 548 valence electrons. The standard InChI is InChI=1S/C98H138BN3/c1-83(2,3)63-37-44-67(45-38-63)100(68-46-39-64(40-47-68)84(4,5)6)71-59-80-82-81(60-71)102(70-50-51-72-73(58-70)96(89(19,20)21,90(22,23)24)54-53-95(72,87(13,14)15)88(16,17)18)79-62-75-74(97(91(25,26)27,92(28,29)30)55-56-98(75,93(31,32)33)94(34,35)36)61-77(79)99(82)76-57-66(86(10,11)12)43-52-78(76)101(80)69-48-41-65(42-49-69)85(7,8)9/h37-52,57-62H,53-56H2,1-36H3. The maximum absolute atomic E-state index is 2.89. The first kappa shape index (κ1) is 77.1. The summed E-state index contributed by atoms with van der Waals surface area (Å²) in [6, 6.07) is 55.6. The van der Waals surface area contributed by atoms with Crippen LogP contribution in [-0.4, -0.2) is 6.71 Å². The molecule has 4 aliphatic rings. The average Bonchev–Trinajstić information content (AvgIpc) is 0.675. The number of rotatable bonds is 5. The van der Waals surface area contributed by atoms with E-state index in [1.54, 1.807) is 5.56 Å². The van der Waals surface area contributed by atoms with Crippen molar-refractivity contribution in [3.8, 4) is 0 Å². The third kappa shape index (κ3) is 11.7. The van der Waals surface area contributed by atoms with Gasteiger partial charge in [0.05, 0.1) is 5.69 Å². The number of hydrogen-bond donors (Lipinski definition) is 0. The summed E-state index contributed by atoms with van der Waals surface area (Å²) in [4.78, 5) is 8.15. The molecular formula is C98H138BN3. The molecule has 0 saturated heterocycles. The zero-order valence-corrected chi connectivity index (χ0v) is 71.4. The summed E-state index contributed by atoms with van der Waals surface area (Å²) >= 11 is 0. The van der Waals surface area contributed by atoms with E-state index in [0.717, 1.165) is 48.4 Å². The maximum atomic E-state index is 2.89. The summed E-state index contributed by atoms with van der Waals surface area (Å²) in [7, 11) is 0. The molecule has 4 heteroatoms. The number of nitrogens with zero attached hydrogens (tertiary/aromatic N) is 3. The highest BCUT2D eigenvalue weighted by Gasteiger charge is 2.65. The van der Waals surface area contributed by atoms with Gasteiger partial charge in [-0.25, -0.2) is 0 Å². The van der Waals surface area contributed by atoms with E-state index in [4.69, 9.17) is 0 Å². The van der Waals surface area contributed by atoms with Crippen molar-refractivity contribution in [2.24, 2.45) is 43.3 Å². The van der Waals surface area contributed by atoms with E-state index < -0.39 is 0 Å². The lowest BCUT2D eigenvalue weighted by Gasteiger charge is -2.65. The fourth-order valence-corrected chi connectivity index (χ4v) is 23.1. The van der Waals surface area contributed by atoms with Gasteiger partial charge >= 0.3 is 0 Å². The van der Waals surface area contributed by atoms with Crippen LogP contribution in [0.1, 0.15) is 319 Å². The van der Waals surface area contributed by atoms with Crippen molar-refractivity contribution >= 4 is 74.3 Å². The molecule has 2 aliphatic heterocycles. The van der Waals surface area contributed by atoms with Crippen molar-refractivity contribution in [2.45, 2.75) is 318 Å². The highest BCUT2D eigenvalue weighted by molar-refractivity contribution is 7.00. The molecule has 11 rings (SSSR count). The van der Waals surface area contributed by atoms with E-state index in [2.05, 4.69) is 397 Å². The van der Waals surface area contributed by atoms with Crippen LogP contribution in [0, 0.1) is 43.3 Å². The summed E-state index contributed by atoms with van der Waals surface area (Å²) in [5.41, 5.74) is 24.7. The molecular weight excluding hydrogens is 1230 g/mol. The second-order valence-corrected chi connectivity index (χ2v) is 45.1. The number of anilines is 9. The van der Waals surface area contributed by atoms with Crippen molar-refractivity contribution in [2.75, 3.05) is 14.7 Å². The van der Waals surface area contributed by atoms with Crippen LogP contribution in [0.25, 0.3) is 0 Å². The Balaban J connectivity index is 1.44. The van der Waals surface area contributed by atoms with Gasteiger partial charge in [-0.1, -0.05) is 310 Å². The second kappa shape index (κ2) is 23.8. The van der Waals surface area contributed by atoms with Gasteiger partial charge in [0.25, 0.3) is 6.71 Å². The number of benzene rings is 7. The fraction of sp³-hybridized carbons (Fsp3) is 0.571. The van der Waals surface area contributed by atoms with Crippen LogP contribution in [0.3, 0.4) is 0 Å². The van der Waals surface area contributed by atoms with Crippen molar-refractivity contribution in [1.82, 2.24) is 0 Å². The predicted molar refractivity (Wildman–Crippen MR) is 451 cm³/mol. The SMILES string of the molecule is CC(C)(C)c1ccc(N(c2ccc(C(C)(C)C)cc2)c2cc3c4c(c2)N(c2ccc5c(c2)C(C(C)(C)C)(C(C)(C)C)CCC5(C(C)(C)C)C(C)(C)C)c2cc5c(cc2B4c2cc(C(C)(C)C)ccc2N3c2ccc(C(C)(C)C)cc2)C(C(C)(C)C)(C(C)(C)C)CCC5(C(C)(C)C)C(C)(C)C)cc1. The summed E-state index contributed by atoms with van der Waals surface area (Å²) < 4.78 is 0. The normalized spacial score (nSPS) is 17.9. The van der Waals surface area contributed by atoms with Gasteiger partial charge in [-0.15, -0.1) is 0 Å². The molecule has 0 bridgehead atoms. The van der Waals surface area contributed by atoms with E-state index in [1.807, 2.05) is 0 Å². The molecule has 0 N–H and O–H groups in total. The van der Waals surface area contributed by atoms with Gasteiger partial charge in [0, 0.05) is 67.2 Å². The van der Waals surface area contributed by atoms with Crippen LogP contribution < -0.4 is 31.1 Å². The van der Waals surface area contributed by atoms with Crippen LogP contribution in [0.15, 0.2) is 133 Å². The van der Waals surface area contributed by atoms with Crippen molar-refractivity contribution in [1.29, 1.82) is 0 Å². The van der Waals surface area contributed by atoms with Gasteiger partial charge in [-0.2, -0.15) is 0 Å². The zero-order valence-electron chi connectivity index (χ0n) is 71.4. The molecule has 0 fully saturated rings. The topological polar surface area (TPSA) is 9.72 Å². The van der Waals surface area contributed by atoms with Gasteiger partial charge in [-0.05, 0) is 224 Å². The van der Waals surface area contributed by atoms with Gasteiger partial charge in [0.2, 0.25) is 0 Å². The van der Waals surface area contributed by atoms with Crippen LogP contribution in [0.5, 0.6) is 0 Å². The van der Waals surface area contributed by atoms with E-state index in [9.17, 15) is 0 Å². The van der Waals surface area contributed by atoms with Crippen molar-refractivity contribution < 1.29 is 0 Å². The van der Waals surface area contributed by atoms with E-state index >= 15 is 0 Å². The summed E-state index contributed by atoms with van der Waals surface area (Å²) in [5, 5.41) is 0. The second-order valence-electron chi connectivity index (χ2n) is 45.1. The molecule has 0 saturated carbocycles. The first-order valence-electron chi connectivity index (χ1n) is 39.5. The largest absolute Gasteiger partial charge is 0.311 e. The van der Waals surface area contributed by atoms with Gasteiger partial charge < -0.3 is 14.7 Å². The monoisotopic (exact) mass is 1370 g/mol. The molecule has 2 heterocycles. The third-order valence-corrected chi connectivity index (χ3v) is 27.4. The van der Waals surface area contributed by atoms with Crippen LogP contribution in [0.2, 0.25) is 0 Å². The molecule has 7 aromatic rings. The third-order valence-electron chi connectivity index (χ3n) is 27.4. The maximum Gasteiger partial charge on any atom is 0.252 e. The van der Waals surface area contributed by atoms with E-state index in [-0.39, 0.29) is 93.4 Å². The Hall–Kier alpha value is -6.00. The Bertz CT molecular complexity index is 4210. The summed E-state index contributed by atoms with van der Waals surface area (Å²) in [5.74, 6) is 0.